The molecular formula is C17H16N2O3. The summed E-state index contributed by atoms with van der Waals surface area (Å²) in [4.78, 5) is 29.6. The second-order valence-electron chi connectivity index (χ2n) is 5.38. The van der Waals surface area contributed by atoms with Gasteiger partial charge in [0.15, 0.2) is 0 Å². The monoisotopic (exact) mass is 296 g/mol. The molecule has 1 unspecified atom stereocenters. The maximum Gasteiger partial charge on any atom is 0.335 e. The third-order valence-electron chi connectivity index (χ3n) is 3.94. The summed E-state index contributed by atoms with van der Waals surface area (Å²) < 4.78 is 0. The molecule has 1 saturated heterocycles. The maximum absolute atomic E-state index is 12.5. The van der Waals surface area contributed by atoms with E-state index < -0.39 is 5.97 Å². The zero-order valence-electron chi connectivity index (χ0n) is 12.0. The number of carbonyl (C=O) groups is 2. The molecule has 5 heteroatoms. The van der Waals surface area contributed by atoms with Gasteiger partial charge < -0.3 is 10.0 Å². The number of rotatable bonds is 3. The van der Waals surface area contributed by atoms with Crippen LogP contribution in [-0.4, -0.2) is 40.0 Å². The molecule has 0 saturated carbocycles. The van der Waals surface area contributed by atoms with E-state index in [1.54, 1.807) is 23.2 Å². The van der Waals surface area contributed by atoms with Gasteiger partial charge in [-0.2, -0.15) is 0 Å². The van der Waals surface area contributed by atoms with Crippen LogP contribution in [0.1, 0.15) is 38.7 Å². The molecule has 1 aromatic heterocycles. The number of carboxylic acid groups (broad SMARTS) is 1. The standard InChI is InChI=1S/C17H16N2O3/c20-16(12-4-3-5-13(10-12)17(21)22)19-9-7-14(11-19)15-6-1-2-8-18-15/h1-6,8,10,14H,7,9,11H2,(H,21,22). The number of hydrogen-bond acceptors (Lipinski definition) is 3. The van der Waals surface area contributed by atoms with Crippen molar-refractivity contribution in [2.24, 2.45) is 0 Å². The fourth-order valence-corrected chi connectivity index (χ4v) is 2.77. The van der Waals surface area contributed by atoms with Gasteiger partial charge in [0.2, 0.25) is 0 Å². The topological polar surface area (TPSA) is 70.5 Å². The van der Waals surface area contributed by atoms with Crippen molar-refractivity contribution in [2.45, 2.75) is 12.3 Å². The first-order valence-electron chi connectivity index (χ1n) is 7.18. The Morgan fingerprint density at radius 3 is 2.68 bits per heavy atom. The lowest BCUT2D eigenvalue weighted by Crippen LogP contribution is -2.28. The molecule has 0 bridgehead atoms. The molecule has 1 N–H and O–H groups in total. The molecule has 1 aliphatic heterocycles. The third-order valence-corrected chi connectivity index (χ3v) is 3.94. The Balaban J connectivity index is 1.74. The summed E-state index contributed by atoms with van der Waals surface area (Å²) in [6.45, 7) is 1.28. The Labute approximate surface area is 128 Å². The fourth-order valence-electron chi connectivity index (χ4n) is 2.77. The summed E-state index contributed by atoms with van der Waals surface area (Å²) in [5.74, 6) is -0.906. The summed E-state index contributed by atoms with van der Waals surface area (Å²) in [6, 6.07) is 12.0. The number of aromatic carboxylic acids is 1. The summed E-state index contributed by atoms with van der Waals surface area (Å²) in [6.07, 6.45) is 2.64. The van der Waals surface area contributed by atoms with Crippen LogP contribution in [0.3, 0.4) is 0 Å². The lowest BCUT2D eigenvalue weighted by molar-refractivity contribution is 0.0697. The van der Waals surface area contributed by atoms with Gasteiger partial charge in [0, 0.05) is 36.5 Å². The zero-order chi connectivity index (χ0) is 15.5. The minimum atomic E-state index is -1.03. The summed E-state index contributed by atoms with van der Waals surface area (Å²) >= 11 is 0. The molecule has 1 amide bonds. The van der Waals surface area contributed by atoms with E-state index in [1.165, 1.54) is 12.1 Å². The summed E-state index contributed by atoms with van der Waals surface area (Å²) in [5, 5.41) is 9.01. The SMILES string of the molecule is O=C(O)c1cccc(C(=O)N2CCC(c3ccccn3)C2)c1. The molecule has 0 radical (unpaired) electrons. The predicted octanol–water partition coefficient (Wildman–Crippen LogP) is 2.41. The number of carboxylic acids is 1. The Morgan fingerprint density at radius 1 is 1.14 bits per heavy atom. The molecule has 1 atom stereocenters. The predicted molar refractivity (Wildman–Crippen MR) is 80.9 cm³/mol. The van der Waals surface area contributed by atoms with Gasteiger partial charge in [0.25, 0.3) is 5.91 Å². The lowest BCUT2D eigenvalue weighted by Gasteiger charge is -2.16. The zero-order valence-corrected chi connectivity index (χ0v) is 12.0. The van der Waals surface area contributed by atoms with Crippen LogP contribution in [0.4, 0.5) is 0 Å². The van der Waals surface area contributed by atoms with Gasteiger partial charge in [-0.25, -0.2) is 4.79 Å². The Kier molecular flexibility index (Phi) is 3.87. The van der Waals surface area contributed by atoms with Crippen LogP contribution in [0, 0.1) is 0 Å². The van der Waals surface area contributed by atoms with Crippen LogP contribution in [0.15, 0.2) is 48.7 Å². The number of nitrogens with zero attached hydrogens (tertiary/aromatic N) is 2. The van der Waals surface area contributed by atoms with Gasteiger partial charge in [-0.05, 0) is 36.8 Å². The third kappa shape index (κ3) is 2.83. The number of benzene rings is 1. The number of carbonyl (C=O) groups excluding carboxylic acids is 1. The quantitative estimate of drug-likeness (QED) is 0.944. The smallest absolute Gasteiger partial charge is 0.335 e. The lowest BCUT2D eigenvalue weighted by atomic mass is 10.0. The van der Waals surface area contributed by atoms with E-state index in [-0.39, 0.29) is 17.4 Å². The van der Waals surface area contributed by atoms with Crippen LogP contribution >= 0.6 is 0 Å². The molecule has 3 rings (SSSR count). The average Bonchev–Trinajstić information content (AvgIpc) is 3.05. The van der Waals surface area contributed by atoms with E-state index in [9.17, 15) is 9.59 Å². The van der Waals surface area contributed by atoms with E-state index in [2.05, 4.69) is 4.98 Å². The minimum absolute atomic E-state index is 0.124. The molecule has 0 aliphatic carbocycles. The normalized spacial score (nSPS) is 17.5. The van der Waals surface area contributed by atoms with Gasteiger partial charge in [-0.3, -0.25) is 9.78 Å². The molecule has 1 aliphatic rings. The molecule has 1 aromatic carbocycles. The van der Waals surface area contributed by atoms with Gasteiger partial charge >= 0.3 is 5.97 Å². The summed E-state index contributed by atoms with van der Waals surface area (Å²) in [5.41, 5.74) is 1.55. The van der Waals surface area contributed by atoms with E-state index in [0.29, 0.717) is 18.7 Å². The molecule has 112 valence electrons. The number of pyridine rings is 1. The van der Waals surface area contributed by atoms with Crippen LogP contribution in [0.25, 0.3) is 0 Å². The van der Waals surface area contributed by atoms with Crippen molar-refractivity contribution in [3.05, 3.63) is 65.5 Å². The minimum Gasteiger partial charge on any atom is -0.478 e. The fraction of sp³-hybridized carbons (Fsp3) is 0.235. The summed E-state index contributed by atoms with van der Waals surface area (Å²) in [7, 11) is 0. The van der Waals surface area contributed by atoms with Crippen LogP contribution in [-0.2, 0) is 0 Å². The number of aromatic nitrogens is 1. The number of likely N-dealkylation sites (tertiary alicyclic amines) is 1. The first kappa shape index (κ1) is 14.3. The maximum atomic E-state index is 12.5. The number of hydrogen-bond donors (Lipinski definition) is 1. The van der Waals surface area contributed by atoms with E-state index in [0.717, 1.165) is 12.1 Å². The van der Waals surface area contributed by atoms with Crippen molar-refractivity contribution < 1.29 is 14.7 Å². The van der Waals surface area contributed by atoms with Gasteiger partial charge in [-0.1, -0.05) is 12.1 Å². The Bertz CT molecular complexity index is 700. The van der Waals surface area contributed by atoms with Crippen molar-refractivity contribution in [2.75, 3.05) is 13.1 Å². The first-order valence-corrected chi connectivity index (χ1v) is 7.18. The van der Waals surface area contributed by atoms with Crippen molar-refractivity contribution in [3.63, 3.8) is 0 Å². The second kappa shape index (κ2) is 5.97. The van der Waals surface area contributed by atoms with E-state index in [1.807, 2.05) is 18.2 Å². The van der Waals surface area contributed by atoms with Gasteiger partial charge in [-0.15, -0.1) is 0 Å². The Hall–Kier alpha value is -2.69. The average molecular weight is 296 g/mol. The molecule has 0 spiro atoms. The Morgan fingerprint density at radius 2 is 1.95 bits per heavy atom. The highest BCUT2D eigenvalue weighted by Gasteiger charge is 2.28. The highest BCUT2D eigenvalue weighted by Crippen LogP contribution is 2.26. The van der Waals surface area contributed by atoms with Crippen molar-refractivity contribution in [1.29, 1.82) is 0 Å². The molecule has 2 heterocycles. The van der Waals surface area contributed by atoms with Crippen LogP contribution in [0.2, 0.25) is 0 Å². The van der Waals surface area contributed by atoms with Gasteiger partial charge in [0.05, 0.1) is 5.56 Å². The molecular weight excluding hydrogens is 280 g/mol. The number of amides is 1. The highest BCUT2D eigenvalue weighted by atomic mass is 16.4. The highest BCUT2D eigenvalue weighted by molar-refractivity contribution is 5.97. The largest absolute Gasteiger partial charge is 0.478 e. The first-order chi connectivity index (χ1) is 10.6. The van der Waals surface area contributed by atoms with Crippen LogP contribution in [0.5, 0.6) is 0 Å². The second-order valence-corrected chi connectivity index (χ2v) is 5.38. The molecule has 1 fully saturated rings. The van der Waals surface area contributed by atoms with Crippen molar-refractivity contribution in [1.82, 2.24) is 9.88 Å². The van der Waals surface area contributed by atoms with Crippen molar-refractivity contribution in [3.8, 4) is 0 Å². The van der Waals surface area contributed by atoms with Crippen LogP contribution < -0.4 is 0 Å². The van der Waals surface area contributed by atoms with E-state index in [4.69, 9.17) is 5.11 Å². The van der Waals surface area contributed by atoms with E-state index >= 15 is 0 Å². The van der Waals surface area contributed by atoms with Gasteiger partial charge in [0.1, 0.15) is 0 Å². The molecule has 5 nitrogen and oxygen atoms in total. The molecule has 22 heavy (non-hydrogen) atoms. The molecule has 2 aromatic rings. The van der Waals surface area contributed by atoms with Crippen molar-refractivity contribution >= 4 is 11.9 Å².